The van der Waals surface area contributed by atoms with Crippen LogP contribution in [0.4, 0.5) is 5.69 Å². The zero-order valence-corrected chi connectivity index (χ0v) is 13.6. The van der Waals surface area contributed by atoms with E-state index in [4.69, 9.17) is 10.5 Å². The lowest BCUT2D eigenvalue weighted by Gasteiger charge is -2.33. The summed E-state index contributed by atoms with van der Waals surface area (Å²) >= 11 is 0. The highest BCUT2D eigenvalue weighted by Gasteiger charge is 2.41. The second kappa shape index (κ2) is 6.09. The van der Waals surface area contributed by atoms with E-state index >= 15 is 0 Å². The molecule has 21 heavy (non-hydrogen) atoms. The number of hydrogen-bond acceptors (Lipinski definition) is 3. The van der Waals surface area contributed by atoms with Gasteiger partial charge in [-0.2, -0.15) is 0 Å². The van der Waals surface area contributed by atoms with E-state index in [1.54, 1.807) is 0 Å². The molecule has 2 aliphatic rings. The fraction of sp³-hybridized carbons (Fsp3) is 0.647. The van der Waals surface area contributed by atoms with Gasteiger partial charge in [0.1, 0.15) is 0 Å². The standard InChI is InChI=1S/C17H25NO2S/c1-13-11-15(5-6-16(13)18)21(19)12-14-7-10-17(20-14)8-3-2-4-9-17/h5-6,11,14H,2-4,7-10,12,18H2,1H3. The molecule has 1 heterocycles. The molecular formula is C17H25NO2S. The van der Waals surface area contributed by atoms with Crippen molar-refractivity contribution >= 4 is 16.5 Å². The Morgan fingerprint density at radius 2 is 2.05 bits per heavy atom. The van der Waals surface area contributed by atoms with E-state index in [1.807, 2.05) is 25.1 Å². The molecule has 1 aliphatic carbocycles. The molecule has 4 heteroatoms. The molecule has 2 atom stereocenters. The lowest BCUT2D eigenvalue weighted by atomic mass is 9.83. The minimum atomic E-state index is -0.993. The highest BCUT2D eigenvalue weighted by Crippen LogP contribution is 2.42. The van der Waals surface area contributed by atoms with Crippen molar-refractivity contribution in [2.24, 2.45) is 0 Å². The Morgan fingerprint density at radius 1 is 1.29 bits per heavy atom. The van der Waals surface area contributed by atoms with Crippen molar-refractivity contribution in [1.29, 1.82) is 0 Å². The van der Waals surface area contributed by atoms with Crippen LogP contribution in [0, 0.1) is 6.92 Å². The van der Waals surface area contributed by atoms with Gasteiger partial charge >= 0.3 is 0 Å². The summed E-state index contributed by atoms with van der Waals surface area (Å²) in [4.78, 5) is 0.870. The normalized spacial score (nSPS) is 26.0. The van der Waals surface area contributed by atoms with Gasteiger partial charge in [0.25, 0.3) is 0 Å². The maximum Gasteiger partial charge on any atom is 0.0702 e. The smallest absolute Gasteiger partial charge is 0.0702 e. The Labute approximate surface area is 129 Å². The monoisotopic (exact) mass is 307 g/mol. The van der Waals surface area contributed by atoms with Crippen molar-refractivity contribution in [3.8, 4) is 0 Å². The zero-order chi connectivity index (χ0) is 14.9. The molecule has 3 rings (SSSR count). The number of benzene rings is 1. The van der Waals surface area contributed by atoms with E-state index in [0.717, 1.165) is 29.0 Å². The summed E-state index contributed by atoms with van der Waals surface area (Å²) in [6, 6.07) is 5.67. The van der Waals surface area contributed by atoms with Crippen LogP contribution < -0.4 is 5.73 Å². The number of ether oxygens (including phenoxy) is 1. The third-order valence-electron chi connectivity index (χ3n) is 4.94. The van der Waals surface area contributed by atoms with Crippen LogP contribution in [0.5, 0.6) is 0 Å². The van der Waals surface area contributed by atoms with Crippen molar-refractivity contribution in [2.45, 2.75) is 68.5 Å². The topological polar surface area (TPSA) is 52.3 Å². The van der Waals surface area contributed by atoms with Gasteiger partial charge in [0, 0.05) is 10.6 Å². The average Bonchev–Trinajstić information content (AvgIpc) is 2.85. The summed E-state index contributed by atoms with van der Waals surface area (Å²) in [5, 5.41) is 0. The van der Waals surface area contributed by atoms with Crippen molar-refractivity contribution in [3.63, 3.8) is 0 Å². The Morgan fingerprint density at radius 3 is 2.76 bits per heavy atom. The molecule has 2 fully saturated rings. The highest BCUT2D eigenvalue weighted by molar-refractivity contribution is 7.85. The van der Waals surface area contributed by atoms with E-state index in [2.05, 4.69) is 0 Å². The molecule has 2 unspecified atom stereocenters. The molecule has 2 N–H and O–H groups in total. The quantitative estimate of drug-likeness (QED) is 0.869. The molecule has 0 aromatic heterocycles. The van der Waals surface area contributed by atoms with Gasteiger partial charge in [-0.05, 0) is 56.4 Å². The molecule has 3 nitrogen and oxygen atoms in total. The summed E-state index contributed by atoms with van der Waals surface area (Å²) in [5.41, 5.74) is 7.69. The minimum absolute atomic E-state index is 0.115. The number of nitrogen functional groups attached to an aromatic ring is 1. The van der Waals surface area contributed by atoms with Crippen LogP contribution in [0.25, 0.3) is 0 Å². The number of nitrogens with two attached hydrogens (primary N) is 1. The molecule has 1 saturated heterocycles. The summed E-state index contributed by atoms with van der Waals surface area (Å²) in [6.45, 7) is 1.96. The van der Waals surface area contributed by atoms with E-state index in [1.165, 1.54) is 32.1 Å². The number of hydrogen-bond donors (Lipinski definition) is 1. The number of anilines is 1. The molecule has 1 aromatic carbocycles. The van der Waals surface area contributed by atoms with Crippen LogP contribution in [-0.4, -0.2) is 21.7 Å². The SMILES string of the molecule is Cc1cc(S(=O)CC2CCC3(CCCCC3)O2)ccc1N. The predicted molar refractivity (Wildman–Crippen MR) is 86.8 cm³/mol. The maximum atomic E-state index is 12.5. The van der Waals surface area contributed by atoms with E-state index in [0.29, 0.717) is 5.75 Å². The summed E-state index contributed by atoms with van der Waals surface area (Å²) in [6.07, 6.45) is 8.65. The Hall–Kier alpha value is -0.870. The van der Waals surface area contributed by atoms with E-state index in [9.17, 15) is 4.21 Å². The van der Waals surface area contributed by atoms with Gasteiger partial charge in [0.2, 0.25) is 0 Å². The molecule has 1 saturated carbocycles. The van der Waals surface area contributed by atoms with Crippen LogP contribution in [0.15, 0.2) is 23.1 Å². The molecule has 116 valence electrons. The Kier molecular flexibility index (Phi) is 4.36. The van der Waals surface area contributed by atoms with Crippen LogP contribution >= 0.6 is 0 Å². The van der Waals surface area contributed by atoms with Gasteiger partial charge in [-0.25, -0.2) is 0 Å². The van der Waals surface area contributed by atoms with Crippen molar-refractivity contribution in [3.05, 3.63) is 23.8 Å². The second-order valence-electron chi connectivity index (χ2n) is 6.55. The van der Waals surface area contributed by atoms with Crippen molar-refractivity contribution in [1.82, 2.24) is 0 Å². The molecule has 0 amide bonds. The van der Waals surface area contributed by atoms with Gasteiger partial charge in [-0.3, -0.25) is 4.21 Å². The van der Waals surface area contributed by atoms with E-state index < -0.39 is 10.8 Å². The van der Waals surface area contributed by atoms with Crippen LogP contribution in [-0.2, 0) is 15.5 Å². The van der Waals surface area contributed by atoms with Crippen molar-refractivity contribution in [2.75, 3.05) is 11.5 Å². The average molecular weight is 307 g/mol. The first-order chi connectivity index (χ1) is 10.1. The third kappa shape index (κ3) is 3.32. The minimum Gasteiger partial charge on any atom is -0.399 e. The molecule has 1 aromatic rings. The lowest BCUT2D eigenvalue weighted by Crippen LogP contribution is -2.32. The van der Waals surface area contributed by atoms with Crippen LogP contribution in [0.1, 0.15) is 50.5 Å². The van der Waals surface area contributed by atoms with Gasteiger partial charge in [-0.15, -0.1) is 0 Å². The molecule has 1 spiro atoms. The van der Waals surface area contributed by atoms with Crippen molar-refractivity contribution < 1.29 is 8.95 Å². The van der Waals surface area contributed by atoms with Gasteiger partial charge in [0.05, 0.1) is 28.3 Å². The third-order valence-corrected chi connectivity index (χ3v) is 6.40. The van der Waals surface area contributed by atoms with Crippen LogP contribution in [0.2, 0.25) is 0 Å². The van der Waals surface area contributed by atoms with Gasteiger partial charge < -0.3 is 10.5 Å². The largest absolute Gasteiger partial charge is 0.399 e. The first-order valence-electron chi connectivity index (χ1n) is 8.00. The molecule has 0 radical (unpaired) electrons. The first kappa shape index (κ1) is 15.0. The summed E-state index contributed by atoms with van der Waals surface area (Å²) in [5.74, 6) is 0.616. The maximum absolute atomic E-state index is 12.5. The zero-order valence-electron chi connectivity index (χ0n) is 12.8. The number of rotatable bonds is 3. The highest BCUT2D eigenvalue weighted by atomic mass is 32.2. The summed E-state index contributed by atoms with van der Waals surface area (Å²) < 4.78 is 18.8. The second-order valence-corrected chi connectivity index (χ2v) is 8.05. The first-order valence-corrected chi connectivity index (χ1v) is 9.32. The Balaban J connectivity index is 1.61. The van der Waals surface area contributed by atoms with E-state index in [-0.39, 0.29) is 11.7 Å². The number of aryl methyl sites for hydroxylation is 1. The fourth-order valence-electron chi connectivity index (χ4n) is 3.63. The Bertz CT molecular complexity index is 538. The summed E-state index contributed by atoms with van der Waals surface area (Å²) in [7, 11) is -0.993. The lowest BCUT2D eigenvalue weighted by molar-refractivity contribution is -0.0557. The predicted octanol–water partition coefficient (Wildman–Crippen LogP) is 3.57. The van der Waals surface area contributed by atoms with Gasteiger partial charge in [-0.1, -0.05) is 19.3 Å². The van der Waals surface area contributed by atoms with Gasteiger partial charge in [0.15, 0.2) is 0 Å². The van der Waals surface area contributed by atoms with Crippen LogP contribution in [0.3, 0.4) is 0 Å². The fourth-order valence-corrected chi connectivity index (χ4v) is 4.92. The molecule has 1 aliphatic heterocycles. The molecular weight excluding hydrogens is 282 g/mol. The molecule has 0 bridgehead atoms.